The molecule has 3 fully saturated rings. The third-order valence-electron chi connectivity index (χ3n) is 5.70. The van der Waals surface area contributed by atoms with Gasteiger partial charge in [-0.3, -0.25) is 4.79 Å². The van der Waals surface area contributed by atoms with Crippen LogP contribution in [0.25, 0.3) is 0 Å². The van der Waals surface area contributed by atoms with Gasteiger partial charge in [0.1, 0.15) is 5.76 Å². The monoisotopic (exact) mass is 382 g/mol. The van der Waals surface area contributed by atoms with E-state index in [4.69, 9.17) is 4.52 Å². The first-order valence-corrected chi connectivity index (χ1v) is 10.9. The fraction of sp³-hybridized carbons (Fsp3) is 0.765. The van der Waals surface area contributed by atoms with E-state index in [-0.39, 0.29) is 28.8 Å². The lowest BCUT2D eigenvalue weighted by atomic mass is 10.1. The van der Waals surface area contributed by atoms with Gasteiger partial charge in [0.05, 0.1) is 5.25 Å². The molecule has 9 heteroatoms. The van der Waals surface area contributed by atoms with E-state index in [1.54, 1.807) is 10.4 Å². The second kappa shape index (κ2) is 6.94. The molecule has 1 aromatic heterocycles. The molecule has 0 spiro atoms. The third-order valence-corrected chi connectivity index (χ3v) is 8.04. The highest BCUT2D eigenvalue weighted by molar-refractivity contribution is 7.89. The van der Waals surface area contributed by atoms with E-state index in [2.05, 4.69) is 15.8 Å². The molecule has 4 rings (SSSR count). The van der Waals surface area contributed by atoms with Crippen molar-refractivity contribution in [1.29, 1.82) is 0 Å². The summed E-state index contributed by atoms with van der Waals surface area (Å²) >= 11 is 0. The highest BCUT2D eigenvalue weighted by atomic mass is 32.2. The average molecular weight is 382 g/mol. The number of piperidine rings is 1. The Balaban J connectivity index is 1.39. The van der Waals surface area contributed by atoms with Crippen molar-refractivity contribution in [2.24, 2.45) is 5.92 Å². The Labute approximate surface area is 153 Å². The molecular weight excluding hydrogens is 356 g/mol. The summed E-state index contributed by atoms with van der Waals surface area (Å²) in [5.41, 5.74) is 0.277. The van der Waals surface area contributed by atoms with E-state index in [9.17, 15) is 13.2 Å². The Morgan fingerprint density at radius 2 is 2.00 bits per heavy atom. The number of rotatable bonds is 5. The number of carbonyl (C=O) groups excluding carboxylic acids is 1. The number of carbonyl (C=O) groups is 1. The zero-order chi connectivity index (χ0) is 18.3. The topological polar surface area (TPSA) is 105 Å². The first-order chi connectivity index (χ1) is 12.4. The van der Waals surface area contributed by atoms with E-state index >= 15 is 0 Å². The van der Waals surface area contributed by atoms with E-state index < -0.39 is 10.0 Å². The second-order valence-electron chi connectivity index (χ2n) is 7.76. The third kappa shape index (κ3) is 3.52. The highest BCUT2D eigenvalue weighted by Gasteiger charge is 2.41. The van der Waals surface area contributed by atoms with Crippen molar-refractivity contribution in [3.8, 4) is 0 Å². The van der Waals surface area contributed by atoms with Crippen LogP contribution in [-0.4, -0.2) is 61.3 Å². The number of sulfonamides is 1. The minimum Gasteiger partial charge on any atom is -0.360 e. The summed E-state index contributed by atoms with van der Waals surface area (Å²) in [5, 5.41) is 9.68. The van der Waals surface area contributed by atoms with Gasteiger partial charge in [0, 0.05) is 31.1 Å². The van der Waals surface area contributed by atoms with E-state index in [0.29, 0.717) is 31.8 Å². The van der Waals surface area contributed by atoms with Crippen molar-refractivity contribution in [3.05, 3.63) is 17.5 Å². The predicted molar refractivity (Wildman–Crippen MR) is 95.3 cm³/mol. The molecule has 2 aliphatic heterocycles. The van der Waals surface area contributed by atoms with E-state index in [1.807, 2.05) is 6.92 Å². The molecule has 0 radical (unpaired) electrons. The minimum atomic E-state index is -3.32. The molecule has 2 N–H and O–H groups in total. The second-order valence-corrected chi connectivity index (χ2v) is 9.97. The maximum atomic E-state index is 12.9. The quantitative estimate of drug-likeness (QED) is 0.776. The van der Waals surface area contributed by atoms with Gasteiger partial charge in [-0.25, -0.2) is 8.42 Å². The zero-order valence-corrected chi connectivity index (χ0v) is 15.8. The summed E-state index contributed by atoms with van der Waals surface area (Å²) < 4.78 is 32.5. The van der Waals surface area contributed by atoms with Crippen molar-refractivity contribution < 1.29 is 17.7 Å². The lowest BCUT2D eigenvalue weighted by Gasteiger charge is -2.27. The van der Waals surface area contributed by atoms with Gasteiger partial charge in [-0.2, -0.15) is 4.31 Å². The van der Waals surface area contributed by atoms with Crippen LogP contribution in [0.15, 0.2) is 10.6 Å². The summed E-state index contributed by atoms with van der Waals surface area (Å²) in [6.07, 6.45) is 3.46. The van der Waals surface area contributed by atoms with Crippen LogP contribution in [0, 0.1) is 5.92 Å². The Bertz CT molecular complexity index is 767. The number of nitrogens with one attached hydrogen (secondary N) is 2. The fourth-order valence-electron chi connectivity index (χ4n) is 3.82. The number of aromatic nitrogens is 1. The van der Waals surface area contributed by atoms with Crippen molar-refractivity contribution in [2.75, 3.05) is 26.2 Å². The standard InChI is InChI=1S/C17H26N4O4S/c1-11-9-21(26(23,24)13-4-6-18-7-5-13)10-15(11)19-17(22)14-8-16(25-20-14)12-2-3-12/h8,11-13,15,18H,2-7,9-10H2,1H3,(H,19,22)/t11-,15-/m1/s1. The van der Waals surface area contributed by atoms with E-state index in [1.165, 1.54) is 0 Å². The van der Waals surface area contributed by atoms with Crippen LogP contribution < -0.4 is 10.6 Å². The Morgan fingerprint density at radius 1 is 1.27 bits per heavy atom. The van der Waals surface area contributed by atoms with Crippen molar-refractivity contribution in [3.63, 3.8) is 0 Å². The van der Waals surface area contributed by atoms with Crippen LogP contribution in [0.5, 0.6) is 0 Å². The number of amides is 1. The zero-order valence-electron chi connectivity index (χ0n) is 15.0. The molecule has 2 saturated heterocycles. The molecule has 3 heterocycles. The molecule has 0 aromatic carbocycles. The van der Waals surface area contributed by atoms with Gasteiger partial charge >= 0.3 is 0 Å². The van der Waals surface area contributed by atoms with Crippen LogP contribution in [0.4, 0.5) is 0 Å². The number of hydrogen-bond donors (Lipinski definition) is 2. The van der Waals surface area contributed by atoms with Gasteiger partial charge in [-0.15, -0.1) is 0 Å². The fourth-order valence-corrected chi connectivity index (χ4v) is 5.89. The Kier molecular flexibility index (Phi) is 4.79. The van der Waals surface area contributed by atoms with Crippen LogP contribution in [0.2, 0.25) is 0 Å². The number of hydrogen-bond acceptors (Lipinski definition) is 6. The molecule has 144 valence electrons. The predicted octanol–water partition coefficient (Wildman–Crippen LogP) is 0.684. The van der Waals surface area contributed by atoms with Gasteiger partial charge in [0.15, 0.2) is 5.69 Å². The smallest absolute Gasteiger partial charge is 0.273 e. The largest absolute Gasteiger partial charge is 0.360 e. The van der Waals surface area contributed by atoms with Crippen LogP contribution in [0.3, 0.4) is 0 Å². The van der Waals surface area contributed by atoms with E-state index in [0.717, 1.165) is 31.7 Å². The van der Waals surface area contributed by atoms with Crippen LogP contribution >= 0.6 is 0 Å². The molecule has 2 atom stereocenters. The lowest BCUT2D eigenvalue weighted by Crippen LogP contribution is -2.45. The average Bonchev–Trinajstić information content (AvgIpc) is 3.24. The summed E-state index contributed by atoms with van der Waals surface area (Å²) in [7, 11) is -3.32. The minimum absolute atomic E-state index is 0.0604. The molecule has 1 saturated carbocycles. The van der Waals surface area contributed by atoms with Gasteiger partial charge in [0.2, 0.25) is 10.0 Å². The maximum absolute atomic E-state index is 12.9. The molecule has 8 nitrogen and oxygen atoms in total. The Hall–Kier alpha value is -1.45. The first kappa shape index (κ1) is 17.9. The first-order valence-electron chi connectivity index (χ1n) is 9.42. The maximum Gasteiger partial charge on any atom is 0.273 e. The molecule has 3 aliphatic rings. The molecule has 26 heavy (non-hydrogen) atoms. The molecule has 1 aromatic rings. The summed E-state index contributed by atoms with van der Waals surface area (Å²) in [5.74, 6) is 0.939. The highest BCUT2D eigenvalue weighted by Crippen LogP contribution is 2.40. The molecule has 0 bridgehead atoms. The van der Waals surface area contributed by atoms with Gasteiger partial charge in [-0.05, 0) is 44.7 Å². The molecular formula is C17H26N4O4S. The van der Waals surface area contributed by atoms with Crippen LogP contribution in [-0.2, 0) is 10.0 Å². The van der Waals surface area contributed by atoms with Crippen LogP contribution in [0.1, 0.15) is 54.8 Å². The van der Waals surface area contributed by atoms with Crippen molar-refractivity contribution in [1.82, 2.24) is 20.1 Å². The molecule has 1 amide bonds. The lowest BCUT2D eigenvalue weighted by molar-refractivity contribution is 0.0923. The van der Waals surface area contributed by atoms with Gasteiger partial charge in [0.25, 0.3) is 5.91 Å². The van der Waals surface area contributed by atoms with Gasteiger partial charge < -0.3 is 15.2 Å². The summed E-state index contributed by atoms with van der Waals surface area (Å²) in [6, 6.07) is 1.50. The van der Waals surface area contributed by atoms with Crippen molar-refractivity contribution in [2.45, 2.75) is 49.8 Å². The number of nitrogens with zero attached hydrogens (tertiary/aromatic N) is 2. The molecule has 0 unspecified atom stereocenters. The Morgan fingerprint density at radius 3 is 2.69 bits per heavy atom. The van der Waals surface area contributed by atoms with Crippen molar-refractivity contribution >= 4 is 15.9 Å². The summed E-state index contributed by atoms with van der Waals surface area (Å²) in [6.45, 7) is 4.23. The molecule has 1 aliphatic carbocycles. The van der Waals surface area contributed by atoms with Gasteiger partial charge in [-0.1, -0.05) is 12.1 Å². The SMILES string of the molecule is C[C@@H]1CN(S(=O)(=O)C2CCNCC2)C[C@H]1NC(=O)c1cc(C2CC2)on1. The normalized spacial score (nSPS) is 28.3. The summed E-state index contributed by atoms with van der Waals surface area (Å²) in [4.78, 5) is 12.5.